The first-order valence-electron chi connectivity index (χ1n) is 4.99. The Morgan fingerprint density at radius 2 is 1.88 bits per heavy atom. The molecule has 1 fully saturated rings. The number of hydrogen-bond donors (Lipinski definition) is 3. The van der Waals surface area contributed by atoms with Gasteiger partial charge in [0.1, 0.15) is 0 Å². The van der Waals surface area contributed by atoms with Crippen molar-refractivity contribution in [2.75, 3.05) is 6.61 Å². The quantitative estimate of drug-likeness (QED) is 0.641. The van der Waals surface area contributed by atoms with E-state index in [9.17, 15) is 9.13 Å². The maximum absolute atomic E-state index is 11.1. The van der Waals surface area contributed by atoms with Crippen molar-refractivity contribution in [2.24, 2.45) is 5.92 Å². The smallest absolute Gasteiger partial charge is 0.373 e. The standard InChI is InChI=1S/C7H16O8P2/c1-5-3-7(14-6(5)2)4-13-17(11,12)15-16(8,9)10/h5-7H,3-4H2,1-2H3,(H,11,12)(H2,8,9,10)/t5-,6-,7-/m0/s1. The average molecular weight is 290 g/mol. The summed E-state index contributed by atoms with van der Waals surface area (Å²) in [4.78, 5) is 25.8. The second-order valence-electron chi connectivity index (χ2n) is 4.01. The summed E-state index contributed by atoms with van der Waals surface area (Å²) in [5, 5.41) is 0. The summed E-state index contributed by atoms with van der Waals surface area (Å²) in [6.45, 7) is 3.59. The Bertz CT molecular complexity index is 342. The Kier molecular flexibility index (Phi) is 4.91. The van der Waals surface area contributed by atoms with Crippen molar-refractivity contribution in [1.82, 2.24) is 0 Å². The molecule has 0 aromatic carbocycles. The third-order valence-electron chi connectivity index (χ3n) is 2.48. The molecular formula is C7H16O8P2. The van der Waals surface area contributed by atoms with Crippen molar-refractivity contribution >= 4 is 15.6 Å². The zero-order chi connectivity index (χ0) is 13.3. The predicted molar refractivity (Wildman–Crippen MR) is 57.0 cm³/mol. The van der Waals surface area contributed by atoms with Crippen molar-refractivity contribution in [3.63, 3.8) is 0 Å². The molecule has 1 heterocycles. The summed E-state index contributed by atoms with van der Waals surface area (Å²) in [6, 6.07) is 0. The number of phosphoric acid groups is 2. The van der Waals surface area contributed by atoms with Crippen molar-refractivity contribution in [3.05, 3.63) is 0 Å². The van der Waals surface area contributed by atoms with Gasteiger partial charge in [0.2, 0.25) is 0 Å². The van der Waals surface area contributed by atoms with Gasteiger partial charge in [0.25, 0.3) is 0 Å². The molecule has 1 aliphatic rings. The van der Waals surface area contributed by atoms with Crippen molar-refractivity contribution in [3.8, 4) is 0 Å². The minimum atomic E-state index is -5.05. The summed E-state index contributed by atoms with van der Waals surface area (Å²) in [5.74, 6) is 0.296. The largest absolute Gasteiger partial charge is 0.481 e. The average Bonchev–Trinajstić information content (AvgIpc) is 2.39. The maximum Gasteiger partial charge on any atom is 0.481 e. The third kappa shape index (κ3) is 5.59. The SMILES string of the molecule is C[C@@H]1O[C@H](COP(=O)(O)OP(=O)(O)O)C[C@@H]1C. The van der Waals surface area contributed by atoms with E-state index >= 15 is 0 Å². The van der Waals surface area contributed by atoms with Gasteiger partial charge in [-0.05, 0) is 19.3 Å². The van der Waals surface area contributed by atoms with Crippen LogP contribution >= 0.6 is 15.6 Å². The van der Waals surface area contributed by atoms with Gasteiger partial charge in [-0.25, -0.2) is 9.13 Å². The van der Waals surface area contributed by atoms with Crippen molar-refractivity contribution in [1.29, 1.82) is 0 Å². The van der Waals surface area contributed by atoms with E-state index in [0.717, 1.165) is 0 Å². The van der Waals surface area contributed by atoms with Gasteiger partial charge in [0.15, 0.2) is 0 Å². The van der Waals surface area contributed by atoms with Crippen LogP contribution in [0.3, 0.4) is 0 Å². The number of phosphoric ester groups is 1. The Balaban J connectivity index is 2.41. The molecule has 3 N–H and O–H groups in total. The molecule has 0 aromatic rings. The molecule has 8 nitrogen and oxygen atoms in total. The second-order valence-corrected chi connectivity index (χ2v) is 6.84. The number of hydrogen-bond acceptors (Lipinski definition) is 5. The Labute approximate surface area is 98.7 Å². The van der Waals surface area contributed by atoms with Gasteiger partial charge in [-0.3, -0.25) is 4.52 Å². The molecule has 0 amide bonds. The van der Waals surface area contributed by atoms with Crippen LogP contribution in [0.5, 0.6) is 0 Å². The van der Waals surface area contributed by atoms with Gasteiger partial charge in [-0.15, -0.1) is 0 Å². The summed E-state index contributed by atoms with van der Waals surface area (Å²) >= 11 is 0. The van der Waals surface area contributed by atoms with Gasteiger partial charge < -0.3 is 19.4 Å². The highest BCUT2D eigenvalue weighted by atomic mass is 31.3. The van der Waals surface area contributed by atoms with Crippen LogP contribution in [0.1, 0.15) is 20.3 Å². The zero-order valence-corrected chi connectivity index (χ0v) is 11.2. The second kappa shape index (κ2) is 5.47. The highest BCUT2D eigenvalue weighted by Gasteiger charge is 2.35. The van der Waals surface area contributed by atoms with E-state index in [1.165, 1.54) is 0 Å². The number of ether oxygens (including phenoxy) is 1. The minimum Gasteiger partial charge on any atom is -0.373 e. The van der Waals surface area contributed by atoms with E-state index in [-0.39, 0.29) is 18.8 Å². The Morgan fingerprint density at radius 1 is 1.29 bits per heavy atom. The lowest BCUT2D eigenvalue weighted by Gasteiger charge is -2.15. The molecule has 0 bridgehead atoms. The van der Waals surface area contributed by atoms with Crippen LogP contribution in [0.2, 0.25) is 0 Å². The van der Waals surface area contributed by atoms with Gasteiger partial charge in [0.05, 0.1) is 18.8 Å². The van der Waals surface area contributed by atoms with E-state index in [1.807, 2.05) is 13.8 Å². The maximum atomic E-state index is 11.1. The Morgan fingerprint density at radius 3 is 2.29 bits per heavy atom. The monoisotopic (exact) mass is 290 g/mol. The first-order chi connectivity index (χ1) is 7.59. The minimum absolute atomic E-state index is 0.0179. The lowest BCUT2D eigenvalue weighted by atomic mass is 10.0. The molecule has 0 aromatic heterocycles. The molecular weight excluding hydrogens is 274 g/mol. The lowest BCUT2D eigenvalue weighted by Crippen LogP contribution is -2.15. The summed E-state index contributed by atoms with van der Waals surface area (Å²) in [5.41, 5.74) is 0. The highest BCUT2D eigenvalue weighted by molar-refractivity contribution is 7.60. The predicted octanol–water partition coefficient (Wildman–Crippen LogP) is 1.03. The lowest BCUT2D eigenvalue weighted by molar-refractivity contribution is 0.0139. The summed E-state index contributed by atoms with van der Waals surface area (Å²) < 4.78 is 35.0. The van der Waals surface area contributed by atoms with E-state index in [4.69, 9.17) is 19.4 Å². The molecule has 1 rings (SSSR count). The Hall–Kier alpha value is 0.220. The van der Waals surface area contributed by atoms with Crippen molar-refractivity contribution in [2.45, 2.75) is 32.5 Å². The first kappa shape index (κ1) is 15.3. The van der Waals surface area contributed by atoms with Crippen LogP contribution in [0.15, 0.2) is 0 Å². The topological polar surface area (TPSA) is 123 Å². The normalized spacial score (nSPS) is 33.6. The molecule has 0 radical (unpaired) electrons. The van der Waals surface area contributed by atoms with E-state index < -0.39 is 15.6 Å². The van der Waals surface area contributed by atoms with Crippen LogP contribution in [-0.2, 0) is 22.7 Å². The molecule has 0 aliphatic carbocycles. The van der Waals surface area contributed by atoms with Crippen LogP contribution in [0.25, 0.3) is 0 Å². The fourth-order valence-corrected chi connectivity index (χ4v) is 3.16. The molecule has 1 unspecified atom stereocenters. The molecule has 0 spiro atoms. The molecule has 4 atom stereocenters. The molecule has 17 heavy (non-hydrogen) atoms. The molecule has 102 valence electrons. The first-order valence-corrected chi connectivity index (χ1v) is 8.01. The van der Waals surface area contributed by atoms with Gasteiger partial charge >= 0.3 is 15.6 Å². The van der Waals surface area contributed by atoms with E-state index in [1.54, 1.807) is 0 Å². The molecule has 1 saturated heterocycles. The van der Waals surface area contributed by atoms with Crippen molar-refractivity contribution < 1.29 is 37.4 Å². The number of rotatable bonds is 5. The zero-order valence-electron chi connectivity index (χ0n) is 9.42. The van der Waals surface area contributed by atoms with Crippen LogP contribution in [-0.4, -0.2) is 33.5 Å². The molecule has 0 saturated carbocycles. The summed E-state index contributed by atoms with van der Waals surface area (Å²) in [6.07, 6.45) is 0.294. The van der Waals surface area contributed by atoms with Gasteiger partial charge in [0, 0.05) is 0 Å². The highest BCUT2D eigenvalue weighted by Crippen LogP contribution is 2.57. The summed E-state index contributed by atoms with van der Waals surface area (Å²) in [7, 11) is -9.80. The van der Waals surface area contributed by atoms with E-state index in [2.05, 4.69) is 8.83 Å². The van der Waals surface area contributed by atoms with E-state index in [0.29, 0.717) is 12.3 Å². The fourth-order valence-electron chi connectivity index (χ4n) is 1.54. The van der Waals surface area contributed by atoms with Crippen LogP contribution < -0.4 is 0 Å². The van der Waals surface area contributed by atoms with Gasteiger partial charge in [-0.2, -0.15) is 4.31 Å². The van der Waals surface area contributed by atoms with Gasteiger partial charge in [-0.1, -0.05) is 6.92 Å². The van der Waals surface area contributed by atoms with Crippen LogP contribution in [0.4, 0.5) is 0 Å². The molecule has 10 heteroatoms. The molecule has 1 aliphatic heterocycles. The fraction of sp³-hybridized carbons (Fsp3) is 1.00. The van der Waals surface area contributed by atoms with Crippen LogP contribution in [0, 0.1) is 5.92 Å². The third-order valence-corrected chi connectivity index (χ3v) is 4.63.